The predicted octanol–water partition coefficient (Wildman–Crippen LogP) is 10.6. The molecule has 0 unspecified atom stereocenters. The number of benzene rings is 2. The lowest BCUT2D eigenvalue weighted by molar-refractivity contribution is -0.254. The van der Waals surface area contributed by atoms with Gasteiger partial charge in [-0.1, -0.05) is 63.1 Å². The van der Waals surface area contributed by atoms with Gasteiger partial charge in [0.2, 0.25) is 0 Å². The summed E-state index contributed by atoms with van der Waals surface area (Å²) in [7, 11) is 0. The van der Waals surface area contributed by atoms with E-state index in [1.807, 2.05) is 13.8 Å². The molecule has 0 saturated heterocycles. The first kappa shape index (κ1) is 26.3. The molecule has 8 heteroatoms. The Kier molecular flexibility index (Phi) is 6.72. The van der Waals surface area contributed by atoms with E-state index < -0.39 is 28.9 Å². The van der Waals surface area contributed by atoms with E-state index in [2.05, 4.69) is 0 Å². The zero-order valence-electron chi connectivity index (χ0n) is 20.4. The van der Waals surface area contributed by atoms with Crippen LogP contribution in [0, 0.1) is 0 Å². The largest absolute Gasteiger partial charge is 0.380 e. The summed E-state index contributed by atoms with van der Waals surface area (Å²) < 4.78 is 94.3. The smallest absolute Gasteiger partial charge is 0.194 e. The van der Waals surface area contributed by atoms with Crippen LogP contribution in [0.1, 0.15) is 60.4 Å². The van der Waals surface area contributed by atoms with Crippen molar-refractivity contribution in [1.82, 2.24) is 0 Å². The summed E-state index contributed by atoms with van der Waals surface area (Å²) in [6.07, 6.45) is 3.42. The highest BCUT2D eigenvalue weighted by atomic mass is 32.1. The Labute approximate surface area is 219 Å². The van der Waals surface area contributed by atoms with Gasteiger partial charge in [-0.3, -0.25) is 0 Å². The lowest BCUT2D eigenvalue weighted by Gasteiger charge is -2.25. The molecule has 2 aromatic carbocycles. The minimum atomic E-state index is -5.55. The maximum atomic E-state index is 15.7. The molecule has 0 nitrogen and oxygen atoms in total. The SMILES string of the molecule is CCCCc1c(C2=C(c3sc4ccccc4c3CCCC)C(F)(F)C(F)(F)C2(F)F)sc2ccccc12. The number of fused-ring (bicyclic) bond motifs is 2. The minimum Gasteiger partial charge on any atom is -0.194 e. The van der Waals surface area contributed by atoms with Crippen molar-refractivity contribution < 1.29 is 26.3 Å². The molecule has 196 valence electrons. The van der Waals surface area contributed by atoms with Gasteiger partial charge in [0.1, 0.15) is 0 Å². The summed E-state index contributed by atoms with van der Waals surface area (Å²) >= 11 is 1.81. The molecule has 0 spiro atoms. The van der Waals surface area contributed by atoms with Gasteiger partial charge in [0.15, 0.2) is 0 Å². The van der Waals surface area contributed by atoms with Crippen LogP contribution < -0.4 is 0 Å². The highest BCUT2D eigenvalue weighted by Crippen LogP contribution is 2.67. The molecule has 0 fully saturated rings. The zero-order chi connectivity index (χ0) is 26.6. The number of allylic oxidation sites excluding steroid dienone is 2. The lowest BCUT2D eigenvalue weighted by atomic mass is 9.94. The van der Waals surface area contributed by atoms with Gasteiger partial charge in [-0.25, -0.2) is 0 Å². The van der Waals surface area contributed by atoms with Gasteiger partial charge in [0, 0.05) is 19.2 Å². The number of rotatable bonds is 8. The van der Waals surface area contributed by atoms with Crippen molar-refractivity contribution in [2.45, 2.75) is 70.1 Å². The van der Waals surface area contributed by atoms with Crippen LogP contribution in [0.4, 0.5) is 26.3 Å². The molecule has 1 aliphatic rings. The van der Waals surface area contributed by atoms with Gasteiger partial charge >= 0.3 is 17.8 Å². The van der Waals surface area contributed by atoms with Crippen molar-refractivity contribution in [1.29, 1.82) is 0 Å². The second kappa shape index (κ2) is 9.45. The van der Waals surface area contributed by atoms with E-state index in [0.717, 1.165) is 35.5 Å². The van der Waals surface area contributed by atoms with Gasteiger partial charge < -0.3 is 0 Å². The quantitative estimate of drug-likeness (QED) is 0.191. The van der Waals surface area contributed by atoms with E-state index in [9.17, 15) is 0 Å². The maximum absolute atomic E-state index is 15.7. The average molecular weight is 553 g/mol. The summed E-state index contributed by atoms with van der Waals surface area (Å²) in [6, 6.07) is 13.9. The molecular formula is C29H26F6S2. The number of hydrogen-bond donors (Lipinski definition) is 0. The first-order chi connectivity index (χ1) is 17.6. The van der Waals surface area contributed by atoms with E-state index in [4.69, 9.17) is 0 Å². The van der Waals surface area contributed by atoms with Crippen LogP contribution in [0.3, 0.4) is 0 Å². The zero-order valence-corrected chi connectivity index (χ0v) is 22.1. The van der Waals surface area contributed by atoms with Crippen LogP contribution in [0.5, 0.6) is 0 Å². The fraction of sp³-hybridized carbons (Fsp3) is 0.379. The molecule has 0 aliphatic heterocycles. The number of hydrogen-bond acceptors (Lipinski definition) is 2. The molecule has 5 rings (SSSR count). The number of thiophene rings is 2. The molecule has 0 amide bonds. The molecule has 2 aromatic heterocycles. The van der Waals surface area contributed by atoms with Crippen LogP contribution in [0.25, 0.3) is 31.3 Å². The first-order valence-electron chi connectivity index (χ1n) is 12.5. The van der Waals surface area contributed by atoms with Crippen molar-refractivity contribution in [3.8, 4) is 0 Å². The molecule has 0 bridgehead atoms. The van der Waals surface area contributed by atoms with Crippen LogP contribution in [0.2, 0.25) is 0 Å². The molecule has 0 radical (unpaired) electrons. The van der Waals surface area contributed by atoms with E-state index in [-0.39, 0.29) is 9.75 Å². The van der Waals surface area contributed by atoms with Crippen molar-refractivity contribution in [3.05, 3.63) is 69.4 Å². The first-order valence-corrected chi connectivity index (χ1v) is 14.1. The highest BCUT2D eigenvalue weighted by molar-refractivity contribution is 7.21. The summed E-state index contributed by atoms with van der Waals surface area (Å²) in [5.74, 6) is -15.6. The Morgan fingerprint density at radius 1 is 0.595 bits per heavy atom. The number of alkyl halides is 6. The Balaban J connectivity index is 1.90. The number of aryl methyl sites for hydroxylation is 2. The molecular weight excluding hydrogens is 526 g/mol. The summed E-state index contributed by atoms with van der Waals surface area (Å²) in [5.41, 5.74) is -1.53. The van der Waals surface area contributed by atoms with Crippen LogP contribution in [-0.4, -0.2) is 17.8 Å². The van der Waals surface area contributed by atoms with Crippen molar-refractivity contribution in [3.63, 3.8) is 0 Å². The Morgan fingerprint density at radius 2 is 0.973 bits per heavy atom. The molecule has 1 aliphatic carbocycles. The monoisotopic (exact) mass is 552 g/mol. The maximum Gasteiger partial charge on any atom is 0.380 e. The third-order valence-corrected chi connectivity index (χ3v) is 9.54. The summed E-state index contributed by atoms with van der Waals surface area (Å²) in [4.78, 5) is -0.296. The topological polar surface area (TPSA) is 0 Å². The predicted molar refractivity (Wildman–Crippen MR) is 143 cm³/mol. The Bertz CT molecular complexity index is 1380. The van der Waals surface area contributed by atoms with E-state index in [1.54, 1.807) is 48.5 Å². The second-order valence-corrected chi connectivity index (χ2v) is 11.6. The average Bonchev–Trinajstić information content (AvgIpc) is 3.44. The van der Waals surface area contributed by atoms with Crippen LogP contribution >= 0.6 is 22.7 Å². The van der Waals surface area contributed by atoms with Crippen molar-refractivity contribution in [2.75, 3.05) is 0 Å². The molecule has 0 atom stereocenters. The Morgan fingerprint density at radius 3 is 1.35 bits per heavy atom. The number of halogens is 6. The van der Waals surface area contributed by atoms with Crippen molar-refractivity contribution >= 4 is 54.0 Å². The number of unbranched alkanes of at least 4 members (excludes halogenated alkanes) is 2. The molecule has 0 N–H and O–H groups in total. The fourth-order valence-electron chi connectivity index (χ4n) is 5.14. The molecule has 4 aromatic rings. The van der Waals surface area contributed by atoms with E-state index >= 15 is 26.3 Å². The normalized spacial score (nSPS) is 18.4. The van der Waals surface area contributed by atoms with E-state index in [1.165, 1.54) is 0 Å². The van der Waals surface area contributed by atoms with Crippen molar-refractivity contribution in [2.24, 2.45) is 0 Å². The second-order valence-electron chi connectivity index (χ2n) is 9.49. The van der Waals surface area contributed by atoms with Gasteiger partial charge in [-0.2, -0.15) is 26.3 Å². The summed E-state index contributed by atoms with van der Waals surface area (Å²) in [6.45, 7) is 3.87. The fourth-order valence-corrected chi connectivity index (χ4v) is 7.81. The molecule has 37 heavy (non-hydrogen) atoms. The standard InChI is InChI=1S/C29H26F6S2/c1-3-5-11-19-17-13-7-9-15-21(17)36-25(19)23-24(28(32,33)29(34,35)27(23,30)31)26-20(12-6-4-2)18-14-8-10-16-22(18)37-26/h7-10,13-16H,3-6,11-12H2,1-2H3. The van der Waals surface area contributed by atoms with Gasteiger partial charge in [-0.15, -0.1) is 22.7 Å². The summed E-state index contributed by atoms with van der Waals surface area (Å²) in [5, 5.41) is 1.30. The third kappa shape index (κ3) is 3.85. The van der Waals surface area contributed by atoms with Gasteiger partial charge in [0.05, 0.1) is 11.1 Å². The molecule has 2 heterocycles. The Hall–Kier alpha value is -2.32. The third-order valence-electron chi connectivity index (χ3n) is 7.08. The molecule has 0 saturated carbocycles. The van der Waals surface area contributed by atoms with Gasteiger partial charge in [-0.05, 0) is 59.7 Å². The lowest BCUT2D eigenvalue weighted by Crippen LogP contribution is -2.48. The van der Waals surface area contributed by atoms with Crippen LogP contribution in [-0.2, 0) is 12.8 Å². The van der Waals surface area contributed by atoms with Gasteiger partial charge in [0.25, 0.3) is 0 Å². The van der Waals surface area contributed by atoms with E-state index in [0.29, 0.717) is 57.0 Å². The van der Waals surface area contributed by atoms with Crippen LogP contribution in [0.15, 0.2) is 48.5 Å². The highest BCUT2D eigenvalue weighted by Gasteiger charge is 2.80. The minimum absolute atomic E-state index is 0.148.